The van der Waals surface area contributed by atoms with Crippen LogP contribution in [0.2, 0.25) is 0 Å². The summed E-state index contributed by atoms with van der Waals surface area (Å²) in [6.07, 6.45) is 4.65. The minimum atomic E-state index is 0. The molecule has 3 rings (SSSR count). The predicted octanol–water partition coefficient (Wildman–Crippen LogP) is 4.39. The van der Waals surface area contributed by atoms with E-state index in [0.29, 0.717) is 0 Å². The maximum absolute atomic E-state index is 6.25. The van der Waals surface area contributed by atoms with Crippen LogP contribution in [-0.2, 0) is 0 Å². The Hall–Kier alpha value is -2.10. The molecule has 1 atom stereocenters. The lowest BCUT2D eigenvalue weighted by molar-refractivity contribution is 0.195. The number of pyridine rings is 1. The minimum absolute atomic E-state index is 0. The summed E-state index contributed by atoms with van der Waals surface area (Å²) < 4.78 is 6.25. The molecule has 0 spiro atoms. The van der Waals surface area contributed by atoms with E-state index in [9.17, 15) is 0 Å². The fraction of sp³-hybridized carbons (Fsp3) is 0.211. The molecule has 0 saturated heterocycles. The van der Waals surface area contributed by atoms with Crippen LogP contribution < -0.4 is 10.1 Å². The number of rotatable bonds is 6. The number of halogens is 1. The van der Waals surface area contributed by atoms with Crippen molar-refractivity contribution in [3.8, 4) is 5.75 Å². The van der Waals surface area contributed by atoms with Crippen LogP contribution in [0.1, 0.15) is 18.1 Å². The average molecular weight is 329 g/mol. The van der Waals surface area contributed by atoms with Gasteiger partial charge in [-0.15, -0.1) is 12.4 Å². The number of nitrogens with zero attached hydrogens (tertiary/aromatic N) is 1. The van der Waals surface area contributed by atoms with Crippen molar-refractivity contribution in [3.63, 3.8) is 0 Å². The molecule has 120 valence electrons. The number of fused-ring (bicyclic) bond motifs is 1. The first-order chi connectivity index (χ1) is 10.9. The third-order valence-electron chi connectivity index (χ3n) is 3.72. The van der Waals surface area contributed by atoms with Gasteiger partial charge in [0.05, 0.1) is 0 Å². The van der Waals surface area contributed by atoms with Gasteiger partial charge in [-0.25, -0.2) is 0 Å². The highest BCUT2D eigenvalue weighted by Crippen LogP contribution is 2.27. The summed E-state index contributed by atoms with van der Waals surface area (Å²) in [5.74, 6) is 0.892. The topological polar surface area (TPSA) is 34.1 Å². The normalized spacial score (nSPS) is 11.7. The van der Waals surface area contributed by atoms with Gasteiger partial charge in [-0.2, -0.15) is 0 Å². The highest BCUT2D eigenvalue weighted by molar-refractivity contribution is 5.85. The van der Waals surface area contributed by atoms with Gasteiger partial charge in [0.2, 0.25) is 0 Å². The SMILES string of the molecule is CNCCC(Oc1ccc2cnccc2c1)c1ccccc1.Cl. The third kappa shape index (κ3) is 4.44. The predicted molar refractivity (Wildman–Crippen MR) is 97.3 cm³/mol. The van der Waals surface area contributed by atoms with Crippen LogP contribution in [0.15, 0.2) is 67.0 Å². The number of nitrogens with one attached hydrogen (secondary N) is 1. The lowest BCUT2D eigenvalue weighted by Gasteiger charge is -2.20. The first kappa shape index (κ1) is 17.3. The number of ether oxygens (including phenoxy) is 1. The number of hydrogen-bond acceptors (Lipinski definition) is 3. The van der Waals surface area contributed by atoms with Gasteiger partial charge in [-0.3, -0.25) is 4.98 Å². The Morgan fingerprint density at radius 3 is 2.65 bits per heavy atom. The zero-order chi connectivity index (χ0) is 15.2. The zero-order valence-corrected chi connectivity index (χ0v) is 13.9. The Morgan fingerprint density at radius 2 is 1.87 bits per heavy atom. The lowest BCUT2D eigenvalue weighted by Crippen LogP contribution is -2.16. The van der Waals surface area contributed by atoms with Crippen molar-refractivity contribution in [1.29, 1.82) is 0 Å². The maximum Gasteiger partial charge on any atom is 0.125 e. The molecule has 1 N–H and O–H groups in total. The van der Waals surface area contributed by atoms with Gasteiger partial charge in [0.1, 0.15) is 11.9 Å². The molecule has 3 aromatic rings. The van der Waals surface area contributed by atoms with Gasteiger partial charge in [0, 0.05) is 24.2 Å². The van der Waals surface area contributed by atoms with Crippen LogP contribution in [0.3, 0.4) is 0 Å². The largest absolute Gasteiger partial charge is 0.486 e. The van der Waals surface area contributed by atoms with E-state index in [0.717, 1.165) is 29.5 Å². The molecular formula is C19H21ClN2O. The standard InChI is InChI=1S/C19H20N2O.ClH/c1-20-11-10-19(15-5-3-2-4-6-15)22-18-8-7-17-14-21-12-9-16(17)13-18;/h2-9,12-14,19-20H,10-11H2,1H3;1H. The summed E-state index contributed by atoms with van der Waals surface area (Å²) in [7, 11) is 1.96. The van der Waals surface area contributed by atoms with Crippen LogP contribution in [0.4, 0.5) is 0 Å². The maximum atomic E-state index is 6.25. The van der Waals surface area contributed by atoms with Gasteiger partial charge in [-0.1, -0.05) is 30.3 Å². The highest BCUT2D eigenvalue weighted by atomic mass is 35.5. The van der Waals surface area contributed by atoms with Crippen LogP contribution in [0, 0.1) is 0 Å². The second-order valence-electron chi connectivity index (χ2n) is 5.29. The first-order valence-electron chi connectivity index (χ1n) is 7.57. The van der Waals surface area contributed by atoms with E-state index < -0.39 is 0 Å². The Kier molecular flexibility index (Phi) is 6.39. The quantitative estimate of drug-likeness (QED) is 0.729. The molecule has 0 saturated carbocycles. The van der Waals surface area contributed by atoms with E-state index >= 15 is 0 Å². The molecule has 0 amide bonds. The molecule has 0 aliphatic rings. The monoisotopic (exact) mass is 328 g/mol. The first-order valence-corrected chi connectivity index (χ1v) is 7.57. The summed E-state index contributed by atoms with van der Waals surface area (Å²) in [5.41, 5.74) is 1.20. The van der Waals surface area contributed by atoms with Gasteiger partial charge in [0.15, 0.2) is 0 Å². The van der Waals surface area contributed by atoms with Crippen molar-refractivity contribution in [2.75, 3.05) is 13.6 Å². The molecule has 3 nitrogen and oxygen atoms in total. The fourth-order valence-electron chi connectivity index (χ4n) is 2.54. The van der Waals surface area contributed by atoms with E-state index in [4.69, 9.17) is 4.74 Å². The summed E-state index contributed by atoms with van der Waals surface area (Å²) >= 11 is 0. The van der Waals surface area contributed by atoms with Crippen LogP contribution in [0.5, 0.6) is 5.75 Å². The average Bonchev–Trinajstić information content (AvgIpc) is 2.59. The Morgan fingerprint density at radius 1 is 1.04 bits per heavy atom. The Labute approximate surface area is 143 Å². The Balaban J connectivity index is 0.00000192. The molecule has 1 heterocycles. The minimum Gasteiger partial charge on any atom is -0.486 e. The molecular weight excluding hydrogens is 308 g/mol. The summed E-state index contributed by atoms with van der Waals surface area (Å²) in [4.78, 5) is 4.14. The van der Waals surface area contributed by atoms with Crippen molar-refractivity contribution in [2.45, 2.75) is 12.5 Å². The van der Waals surface area contributed by atoms with Crippen molar-refractivity contribution in [3.05, 3.63) is 72.6 Å². The number of benzene rings is 2. The lowest BCUT2D eigenvalue weighted by atomic mass is 10.1. The molecule has 0 radical (unpaired) electrons. The third-order valence-corrected chi connectivity index (χ3v) is 3.72. The van der Waals surface area contributed by atoms with E-state index in [2.05, 4.69) is 46.7 Å². The van der Waals surface area contributed by atoms with Crippen LogP contribution in [-0.4, -0.2) is 18.6 Å². The van der Waals surface area contributed by atoms with Crippen LogP contribution in [0.25, 0.3) is 10.8 Å². The molecule has 1 unspecified atom stereocenters. The second kappa shape index (κ2) is 8.51. The molecule has 0 bridgehead atoms. The highest BCUT2D eigenvalue weighted by Gasteiger charge is 2.13. The molecule has 0 aliphatic carbocycles. The van der Waals surface area contributed by atoms with E-state index in [1.54, 1.807) is 0 Å². The molecule has 2 aromatic carbocycles. The number of aromatic nitrogens is 1. The van der Waals surface area contributed by atoms with Crippen LogP contribution >= 0.6 is 12.4 Å². The van der Waals surface area contributed by atoms with E-state index in [-0.39, 0.29) is 18.5 Å². The molecule has 4 heteroatoms. The molecule has 1 aromatic heterocycles. The van der Waals surface area contributed by atoms with Gasteiger partial charge in [-0.05, 0) is 48.8 Å². The fourth-order valence-corrected chi connectivity index (χ4v) is 2.54. The van der Waals surface area contributed by atoms with Gasteiger partial charge >= 0.3 is 0 Å². The molecule has 0 aliphatic heterocycles. The smallest absolute Gasteiger partial charge is 0.125 e. The molecule has 23 heavy (non-hydrogen) atoms. The van der Waals surface area contributed by atoms with E-state index in [1.807, 2.05) is 37.6 Å². The molecule has 0 fully saturated rings. The summed E-state index contributed by atoms with van der Waals surface area (Å²) in [5, 5.41) is 5.47. The second-order valence-corrected chi connectivity index (χ2v) is 5.29. The Bertz CT molecular complexity index is 734. The van der Waals surface area contributed by atoms with Crippen molar-refractivity contribution in [2.24, 2.45) is 0 Å². The number of hydrogen-bond donors (Lipinski definition) is 1. The zero-order valence-electron chi connectivity index (χ0n) is 13.1. The van der Waals surface area contributed by atoms with Crippen molar-refractivity contribution >= 4 is 23.2 Å². The summed E-state index contributed by atoms with van der Waals surface area (Å²) in [6.45, 7) is 0.914. The van der Waals surface area contributed by atoms with Crippen molar-refractivity contribution < 1.29 is 4.74 Å². The van der Waals surface area contributed by atoms with E-state index in [1.165, 1.54) is 5.56 Å². The van der Waals surface area contributed by atoms with Gasteiger partial charge < -0.3 is 10.1 Å². The summed E-state index contributed by atoms with van der Waals surface area (Å²) in [6, 6.07) is 18.5. The van der Waals surface area contributed by atoms with Crippen molar-refractivity contribution in [1.82, 2.24) is 10.3 Å². The van der Waals surface area contributed by atoms with Gasteiger partial charge in [0.25, 0.3) is 0 Å².